The Bertz CT molecular complexity index is 570. The van der Waals surface area contributed by atoms with E-state index in [0.29, 0.717) is 18.0 Å². The van der Waals surface area contributed by atoms with E-state index in [2.05, 4.69) is 11.2 Å². The zero-order chi connectivity index (χ0) is 15.2. The summed E-state index contributed by atoms with van der Waals surface area (Å²) in [6.07, 6.45) is 6.02. The fourth-order valence-corrected chi connectivity index (χ4v) is 4.91. The van der Waals surface area contributed by atoms with E-state index in [1.165, 1.54) is 15.6 Å². The molecule has 0 aromatic carbocycles. The van der Waals surface area contributed by atoms with Crippen LogP contribution < -0.4 is 5.32 Å². The summed E-state index contributed by atoms with van der Waals surface area (Å²) in [5, 5.41) is 3.21. The first-order valence-electron chi connectivity index (χ1n) is 6.71. The Labute approximate surface area is 126 Å². The second-order valence-electron chi connectivity index (χ2n) is 4.46. The lowest BCUT2D eigenvalue weighted by atomic mass is 10.4. The van der Waals surface area contributed by atoms with Crippen molar-refractivity contribution < 1.29 is 8.42 Å². The molecule has 20 heavy (non-hydrogen) atoms. The molecule has 0 spiro atoms. The van der Waals surface area contributed by atoms with Crippen LogP contribution in [-0.4, -0.2) is 32.4 Å². The van der Waals surface area contributed by atoms with Crippen LogP contribution >= 0.6 is 11.3 Å². The molecule has 0 fully saturated rings. The Hall–Kier alpha value is -0.870. The summed E-state index contributed by atoms with van der Waals surface area (Å²) in [5.74, 6) is 2.43. The number of nitrogens with one attached hydrogen (secondary N) is 1. The standard InChI is InChI=1S/C14H22N2O2S2/c1-5-8-16(9-6-2)20(17,18)14-10-13(11-15-7-3)19-12(14)4/h1,10,15H,6-9,11H2,2-4H3. The van der Waals surface area contributed by atoms with Gasteiger partial charge in [0.2, 0.25) is 10.0 Å². The van der Waals surface area contributed by atoms with Gasteiger partial charge in [-0.05, 0) is 26.0 Å². The van der Waals surface area contributed by atoms with E-state index in [1.807, 2.05) is 20.8 Å². The molecule has 1 aromatic heterocycles. The van der Waals surface area contributed by atoms with Crippen molar-refractivity contribution in [1.82, 2.24) is 9.62 Å². The third-order valence-electron chi connectivity index (χ3n) is 2.83. The number of hydrogen-bond acceptors (Lipinski definition) is 4. The van der Waals surface area contributed by atoms with Gasteiger partial charge < -0.3 is 5.32 Å². The van der Waals surface area contributed by atoms with Crippen molar-refractivity contribution >= 4 is 21.4 Å². The minimum Gasteiger partial charge on any atom is -0.312 e. The molecule has 4 nitrogen and oxygen atoms in total. The maximum atomic E-state index is 12.6. The Morgan fingerprint density at radius 2 is 2.15 bits per heavy atom. The molecule has 0 atom stereocenters. The molecule has 0 aliphatic rings. The van der Waals surface area contributed by atoms with Crippen molar-refractivity contribution in [2.75, 3.05) is 19.6 Å². The van der Waals surface area contributed by atoms with Crippen LogP contribution in [-0.2, 0) is 16.6 Å². The van der Waals surface area contributed by atoms with E-state index in [4.69, 9.17) is 6.42 Å². The van der Waals surface area contributed by atoms with Gasteiger partial charge in [-0.2, -0.15) is 4.31 Å². The first kappa shape index (κ1) is 17.2. The smallest absolute Gasteiger partial charge is 0.245 e. The van der Waals surface area contributed by atoms with Crippen molar-refractivity contribution in [3.63, 3.8) is 0 Å². The molecule has 1 heterocycles. The van der Waals surface area contributed by atoms with E-state index in [-0.39, 0.29) is 6.54 Å². The molecule has 0 saturated heterocycles. The summed E-state index contributed by atoms with van der Waals surface area (Å²) in [6.45, 7) is 7.92. The highest BCUT2D eigenvalue weighted by Gasteiger charge is 2.26. The molecule has 0 radical (unpaired) electrons. The van der Waals surface area contributed by atoms with Crippen molar-refractivity contribution in [1.29, 1.82) is 0 Å². The van der Waals surface area contributed by atoms with E-state index in [1.54, 1.807) is 6.07 Å². The molecule has 6 heteroatoms. The maximum Gasteiger partial charge on any atom is 0.245 e. The lowest BCUT2D eigenvalue weighted by Crippen LogP contribution is -2.32. The molecule has 1 rings (SSSR count). The van der Waals surface area contributed by atoms with E-state index < -0.39 is 10.0 Å². The molecule has 0 unspecified atom stereocenters. The summed E-state index contributed by atoms with van der Waals surface area (Å²) >= 11 is 1.51. The summed E-state index contributed by atoms with van der Waals surface area (Å²) in [4.78, 5) is 2.23. The van der Waals surface area contributed by atoms with Gasteiger partial charge in [0.05, 0.1) is 11.4 Å². The Morgan fingerprint density at radius 1 is 1.45 bits per heavy atom. The van der Waals surface area contributed by atoms with Gasteiger partial charge in [-0.3, -0.25) is 0 Å². The van der Waals surface area contributed by atoms with Gasteiger partial charge in [0.15, 0.2) is 0 Å². The van der Waals surface area contributed by atoms with Gasteiger partial charge in [0.25, 0.3) is 0 Å². The molecule has 0 amide bonds. The molecule has 1 N–H and O–H groups in total. The van der Waals surface area contributed by atoms with Crippen LogP contribution in [0.25, 0.3) is 0 Å². The first-order chi connectivity index (χ1) is 9.47. The Morgan fingerprint density at radius 3 is 2.70 bits per heavy atom. The van der Waals surface area contributed by atoms with Crippen LogP contribution in [0.5, 0.6) is 0 Å². The Kier molecular flexibility index (Phi) is 6.69. The van der Waals surface area contributed by atoms with Crippen LogP contribution in [0.4, 0.5) is 0 Å². The maximum absolute atomic E-state index is 12.6. The van der Waals surface area contributed by atoms with Crippen LogP contribution in [0.15, 0.2) is 11.0 Å². The third kappa shape index (κ3) is 4.06. The Balaban J connectivity index is 3.07. The number of hydrogen-bond donors (Lipinski definition) is 1. The highest BCUT2D eigenvalue weighted by atomic mass is 32.2. The van der Waals surface area contributed by atoms with Gasteiger partial charge in [0, 0.05) is 22.8 Å². The summed E-state index contributed by atoms with van der Waals surface area (Å²) in [5.41, 5.74) is 0. The summed E-state index contributed by atoms with van der Waals surface area (Å²) in [7, 11) is -3.49. The van der Waals surface area contributed by atoms with Crippen molar-refractivity contribution in [2.45, 2.75) is 38.6 Å². The van der Waals surface area contributed by atoms with E-state index in [0.717, 1.165) is 22.7 Å². The van der Waals surface area contributed by atoms with Crippen molar-refractivity contribution in [3.8, 4) is 12.3 Å². The molecule has 0 aliphatic carbocycles. The number of nitrogens with zero attached hydrogens (tertiary/aromatic N) is 1. The van der Waals surface area contributed by atoms with Gasteiger partial charge in [-0.15, -0.1) is 17.8 Å². The number of thiophene rings is 1. The van der Waals surface area contributed by atoms with Gasteiger partial charge in [0.1, 0.15) is 0 Å². The monoisotopic (exact) mass is 314 g/mol. The largest absolute Gasteiger partial charge is 0.312 e. The highest BCUT2D eigenvalue weighted by molar-refractivity contribution is 7.89. The second-order valence-corrected chi connectivity index (χ2v) is 7.70. The van der Waals surface area contributed by atoms with E-state index in [9.17, 15) is 8.42 Å². The van der Waals surface area contributed by atoms with Crippen LogP contribution in [0, 0.1) is 19.3 Å². The normalized spacial score (nSPS) is 11.8. The lowest BCUT2D eigenvalue weighted by Gasteiger charge is -2.18. The quantitative estimate of drug-likeness (QED) is 0.748. The van der Waals surface area contributed by atoms with Crippen molar-refractivity contribution in [2.24, 2.45) is 0 Å². The fourth-order valence-electron chi connectivity index (χ4n) is 1.89. The lowest BCUT2D eigenvalue weighted by molar-refractivity contribution is 0.445. The minimum atomic E-state index is -3.49. The van der Waals surface area contributed by atoms with E-state index >= 15 is 0 Å². The molecule has 112 valence electrons. The van der Waals surface area contributed by atoms with Gasteiger partial charge >= 0.3 is 0 Å². The summed E-state index contributed by atoms with van der Waals surface area (Å²) < 4.78 is 26.6. The zero-order valence-electron chi connectivity index (χ0n) is 12.3. The predicted octanol–water partition coefficient (Wildman–Crippen LogP) is 2.20. The second kappa shape index (κ2) is 7.79. The van der Waals surface area contributed by atoms with Gasteiger partial charge in [-0.25, -0.2) is 8.42 Å². The van der Waals surface area contributed by atoms with Crippen LogP contribution in [0.1, 0.15) is 30.0 Å². The molecule has 1 aromatic rings. The SMILES string of the molecule is C#CCN(CCC)S(=O)(=O)c1cc(CNCC)sc1C. The van der Waals surface area contributed by atoms with Gasteiger partial charge in [-0.1, -0.05) is 19.8 Å². The number of terminal acetylenes is 1. The third-order valence-corrected chi connectivity index (χ3v) is 5.98. The topological polar surface area (TPSA) is 49.4 Å². The molecule has 0 bridgehead atoms. The minimum absolute atomic E-state index is 0.119. The number of sulfonamides is 1. The first-order valence-corrected chi connectivity index (χ1v) is 8.96. The molecular weight excluding hydrogens is 292 g/mol. The van der Waals surface area contributed by atoms with Crippen LogP contribution in [0.2, 0.25) is 0 Å². The molecule has 0 saturated carbocycles. The van der Waals surface area contributed by atoms with Crippen LogP contribution in [0.3, 0.4) is 0 Å². The molecule has 0 aliphatic heterocycles. The number of aryl methyl sites for hydroxylation is 1. The predicted molar refractivity (Wildman–Crippen MR) is 84.3 cm³/mol. The average molecular weight is 314 g/mol. The summed E-state index contributed by atoms with van der Waals surface area (Å²) in [6, 6.07) is 1.76. The van der Waals surface area contributed by atoms with Crippen molar-refractivity contribution in [3.05, 3.63) is 15.8 Å². The molecular formula is C14H22N2O2S2. The number of rotatable bonds is 8. The fraction of sp³-hybridized carbons (Fsp3) is 0.571. The highest BCUT2D eigenvalue weighted by Crippen LogP contribution is 2.28. The zero-order valence-corrected chi connectivity index (χ0v) is 13.9. The average Bonchev–Trinajstić information content (AvgIpc) is 2.78.